The van der Waals surface area contributed by atoms with E-state index in [-0.39, 0.29) is 58.0 Å². The van der Waals surface area contributed by atoms with Crippen LogP contribution in [0.15, 0.2) is 249 Å². The van der Waals surface area contributed by atoms with Crippen molar-refractivity contribution in [3.63, 3.8) is 0 Å². The van der Waals surface area contributed by atoms with Crippen molar-refractivity contribution in [1.82, 2.24) is 0 Å². The normalized spacial score (nSPS) is 11.1. The van der Waals surface area contributed by atoms with Gasteiger partial charge in [0.2, 0.25) is 0 Å². The first-order chi connectivity index (χ1) is 42.2. The number of aryl methyl sites for hydroxylation is 3. The molecule has 14 aromatic carbocycles. The Kier molecular flexibility index (Phi) is 15.3. The van der Waals surface area contributed by atoms with Crippen LogP contribution < -0.4 is 0 Å². The van der Waals surface area contributed by atoms with Gasteiger partial charge in [0.25, 0.3) is 0 Å². The highest BCUT2D eigenvalue weighted by Gasteiger charge is 2.26. The molecule has 9 nitrogen and oxygen atoms in total. The van der Waals surface area contributed by atoms with Crippen LogP contribution in [-0.4, -0.2) is 42.4 Å². The minimum Gasteiger partial charge on any atom is -0.507 e. The number of aromatic hydroxyl groups is 6. The van der Waals surface area contributed by atoms with Gasteiger partial charge in [0.1, 0.15) is 46.7 Å². The van der Waals surface area contributed by atoms with Gasteiger partial charge in [-0.25, -0.2) is 4.79 Å². The van der Waals surface area contributed by atoms with Crippen molar-refractivity contribution in [3.05, 3.63) is 288 Å². The average molecular weight is 1140 g/mol. The van der Waals surface area contributed by atoms with Gasteiger partial charge in [0, 0.05) is 38.9 Å². The van der Waals surface area contributed by atoms with E-state index >= 15 is 0 Å². The molecule has 0 aliphatic rings. The molecular formula is C78H58O9. The number of ether oxygens (including phenoxy) is 1. The van der Waals surface area contributed by atoms with Crippen molar-refractivity contribution in [2.45, 2.75) is 27.4 Å². The largest absolute Gasteiger partial charge is 0.507 e. The molecule has 0 bridgehead atoms. The maximum absolute atomic E-state index is 13.3. The number of fused-ring (bicyclic) bond motifs is 6. The fourth-order valence-corrected chi connectivity index (χ4v) is 11.6. The number of phenols is 6. The zero-order valence-corrected chi connectivity index (χ0v) is 47.8. The lowest BCUT2D eigenvalue weighted by molar-refractivity contribution is 0.0469. The number of phenolic OH excluding ortho intramolecular Hbond substituents is 6. The Bertz CT molecular complexity index is 5010. The summed E-state index contributed by atoms with van der Waals surface area (Å²) in [6.07, 6.45) is 0. The van der Waals surface area contributed by atoms with E-state index in [1.807, 2.05) is 227 Å². The SMILES string of the molecule is Cc1cc2ccccc2c(-c2c(O)ccc3ccccc23)c1O.Cc1ccc(C(=O)c2cc3ccccc3c(-c3c(O)ccc4ccccc34)c2O)cc1.Cc1ccc(COC(=O)c2cc3ccccc3c(-c3c(O)ccc4ccccc34)c2O)cc1. The molecule has 0 radical (unpaired) electrons. The third kappa shape index (κ3) is 10.8. The minimum absolute atomic E-state index is 0.0272. The van der Waals surface area contributed by atoms with Crippen molar-refractivity contribution in [1.29, 1.82) is 0 Å². The summed E-state index contributed by atoms with van der Waals surface area (Å²) in [5.41, 5.74) is 7.85. The van der Waals surface area contributed by atoms with E-state index in [1.54, 1.807) is 42.5 Å². The van der Waals surface area contributed by atoms with E-state index in [2.05, 4.69) is 0 Å². The topological polar surface area (TPSA) is 165 Å². The Morgan fingerprint density at radius 3 is 1.06 bits per heavy atom. The van der Waals surface area contributed by atoms with Gasteiger partial charge in [-0.15, -0.1) is 0 Å². The molecule has 87 heavy (non-hydrogen) atoms. The predicted octanol–water partition coefficient (Wildman–Crippen LogP) is 18.7. The van der Waals surface area contributed by atoms with Crippen LogP contribution in [0.4, 0.5) is 0 Å². The Hall–Kier alpha value is -11.4. The Morgan fingerprint density at radius 1 is 0.322 bits per heavy atom. The number of ketones is 1. The van der Waals surface area contributed by atoms with E-state index in [9.17, 15) is 40.2 Å². The maximum Gasteiger partial charge on any atom is 0.342 e. The number of carbonyl (C=O) groups is 2. The Balaban J connectivity index is 0.000000129. The highest BCUT2D eigenvalue weighted by molar-refractivity contribution is 6.19. The monoisotopic (exact) mass is 1140 g/mol. The van der Waals surface area contributed by atoms with E-state index in [0.717, 1.165) is 86.9 Å². The molecule has 14 aromatic rings. The lowest BCUT2D eigenvalue weighted by Gasteiger charge is -2.17. The lowest BCUT2D eigenvalue weighted by Crippen LogP contribution is -2.06. The van der Waals surface area contributed by atoms with Crippen molar-refractivity contribution in [2.24, 2.45) is 0 Å². The molecule has 0 aliphatic heterocycles. The fraction of sp³-hybridized carbons (Fsp3) is 0.0513. The first-order valence-corrected chi connectivity index (χ1v) is 28.4. The van der Waals surface area contributed by atoms with Crippen molar-refractivity contribution >= 4 is 76.4 Å². The Morgan fingerprint density at radius 2 is 0.644 bits per heavy atom. The standard InChI is InChI=1S/C29H22O4.C28H20O3.C21H16O2/c1-18-10-12-19(13-11-18)17-33-29(32)24-16-21-7-3-5-9-23(21)27(28(24)31)26-22-8-4-2-6-20(22)14-15-25(26)30;1-17-10-12-19(13-11-17)27(30)23-16-20-7-3-5-9-22(20)26(28(23)31)25-21-8-4-2-6-18(21)14-15-24(25)29;1-13-12-15-7-3-5-9-17(15)20(21(13)23)19-16-8-4-2-6-14(16)10-11-18(19)22/h2-16,30-31H,17H2,1H3;2-16,29,31H,1H3;2-12,22-23H,1H3. The first kappa shape index (κ1) is 56.1. The van der Waals surface area contributed by atoms with Crippen molar-refractivity contribution < 1.29 is 45.0 Å². The van der Waals surface area contributed by atoms with Crippen LogP contribution >= 0.6 is 0 Å². The summed E-state index contributed by atoms with van der Waals surface area (Å²) in [6, 6.07) is 77.0. The maximum atomic E-state index is 13.3. The molecule has 0 aliphatic carbocycles. The van der Waals surface area contributed by atoms with E-state index in [0.29, 0.717) is 38.9 Å². The molecule has 9 heteroatoms. The summed E-state index contributed by atoms with van der Waals surface area (Å²) < 4.78 is 5.53. The third-order valence-electron chi connectivity index (χ3n) is 16.0. The number of rotatable bonds is 8. The van der Waals surface area contributed by atoms with Gasteiger partial charge in [-0.05, 0) is 133 Å². The molecule has 0 spiro atoms. The van der Waals surface area contributed by atoms with Crippen LogP contribution in [0.3, 0.4) is 0 Å². The first-order valence-electron chi connectivity index (χ1n) is 28.4. The number of hydrogen-bond acceptors (Lipinski definition) is 9. The number of benzene rings is 14. The van der Waals surface area contributed by atoms with Gasteiger partial charge in [0.05, 0.1) is 5.56 Å². The summed E-state index contributed by atoms with van der Waals surface area (Å²) >= 11 is 0. The van der Waals surface area contributed by atoms with Crippen molar-refractivity contribution in [3.8, 4) is 67.9 Å². The molecule has 0 unspecified atom stereocenters. The fourth-order valence-electron chi connectivity index (χ4n) is 11.6. The molecule has 0 fully saturated rings. The smallest absolute Gasteiger partial charge is 0.342 e. The molecule has 0 atom stereocenters. The van der Waals surface area contributed by atoms with Gasteiger partial charge in [0.15, 0.2) is 5.78 Å². The summed E-state index contributed by atoms with van der Waals surface area (Å²) in [5.74, 6) is -0.752. The molecule has 424 valence electrons. The molecule has 0 aromatic heterocycles. The van der Waals surface area contributed by atoms with Gasteiger partial charge in [-0.3, -0.25) is 4.79 Å². The highest BCUT2D eigenvalue weighted by atomic mass is 16.5. The van der Waals surface area contributed by atoms with Gasteiger partial charge in [-0.2, -0.15) is 0 Å². The molecule has 14 rings (SSSR count). The van der Waals surface area contributed by atoms with Crippen LogP contribution in [-0.2, 0) is 11.3 Å². The second kappa shape index (κ2) is 23.7. The van der Waals surface area contributed by atoms with Crippen LogP contribution in [0.1, 0.15) is 48.5 Å². The average Bonchev–Trinajstić information content (AvgIpc) is 0.850. The lowest BCUT2D eigenvalue weighted by atomic mass is 9.88. The quantitative estimate of drug-likeness (QED) is 0.0642. The number of hydrogen-bond donors (Lipinski definition) is 6. The van der Waals surface area contributed by atoms with E-state index in [1.165, 1.54) is 0 Å². The van der Waals surface area contributed by atoms with Gasteiger partial charge < -0.3 is 35.4 Å². The summed E-state index contributed by atoms with van der Waals surface area (Å²) in [6.45, 7) is 5.93. The number of esters is 1. The van der Waals surface area contributed by atoms with E-state index in [4.69, 9.17) is 4.74 Å². The van der Waals surface area contributed by atoms with Crippen LogP contribution in [0.2, 0.25) is 0 Å². The third-order valence-corrected chi connectivity index (χ3v) is 16.0. The molecule has 0 heterocycles. The molecular weight excluding hydrogens is 1080 g/mol. The molecule has 0 amide bonds. The summed E-state index contributed by atoms with van der Waals surface area (Å²) in [7, 11) is 0. The highest BCUT2D eigenvalue weighted by Crippen LogP contribution is 2.49. The zero-order chi connectivity index (χ0) is 60.5. The van der Waals surface area contributed by atoms with E-state index < -0.39 is 5.97 Å². The minimum atomic E-state index is -0.625. The summed E-state index contributed by atoms with van der Waals surface area (Å²) in [4.78, 5) is 26.4. The predicted molar refractivity (Wildman–Crippen MR) is 350 cm³/mol. The van der Waals surface area contributed by atoms with Crippen molar-refractivity contribution in [2.75, 3.05) is 0 Å². The second-order valence-corrected chi connectivity index (χ2v) is 21.7. The zero-order valence-electron chi connectivity index (χ0n) is 47.8. The molecule has 0 saturated heterocycles. The molecule has 0 saturated carbocycles. The number of carbonyl (C=O) groups excluding carboxylic acids is 2. The second-order valence-electron chi connectivity index (χ2n) is 21.7. The Labute approximate surface area is 501 Å². The van der Waals surface area contributed by atoms with Crippen LogP contribution in [0, 0.1) is 20.8 Å². The van der Waals surface area contributed by atoms with Gasteiger partial charge in [-0.1, -0.05) is 223 Å². The summed E-state index contributed by atoms with van der Waals surface area (Å²) in [5, 5.41) is 76.1. The molecule has 6 N–H and O–H groups in total. The van der Waals surface area contributed by atoms with Crippen LogP contribution in [0.25, 0.3) is 98.0 Å². The van der Waals surface area contributed by atoms with Gasteiger partial charge >= 0.3 is 5.97 Å². The van der Waals surface area contributed by atoms with Crippen LogP contribution in [0.5, 0.6) is 34.5 Å².